The number of aromatic nitrogens is 4. The van der Waals surface area contributed by atoms with Crippen molar-refractivity contribution in [3.8, 4) is 5.75 Å². The summed E-state index contributed by atoms with van der Waals surface area (Å²) in [6.07, 6.45) is 1.53. The second kappa shape index (κ2) is 7.94. The second-order valence-electron chi connectivity index (χ2n) is 7.35. The van der Waals surface area contributed by atoms with E-state index in [1.54, 1.807) is 35.9 Å². The minimum Gasteiger partial charge on any atom is -0.508 e. The number of aromatic hydroxyl groups is 1. The number of hydrogen-bond acceptors (Lipinski definition) is 6. The molecule has 2 N–H and O–H groups in total. The molecule has 0 aliphatic heterocycles. The van der Waals surface area contributed by atoms with Crippen molar-refractivity contribution < 1.29 is 5.11 Å². The van der Waals surface area contributed by atoms with Crippen LogP contribution in [0.5, 0.6) is 5.75 Å². The fourth-order valence-corrected chi connectivity index (χ4v) is 3.33. The summed E-state index contributed by atoms with van der Waals surface area (Å²) in [6, 6.07) is 14.6. The van der Waals surface area contributed by atoms with Crippen molar-refractivity contribution in [1.29, 1.82) is 0 Å². The van der Waals surface area contributed by atoms with Crippen LogP contribution in [0.3, 0.4) is 0 Å². The van der Waals surface area contributed by atoms with Crippen LogP contribution < -0.4 is 16.7 Å². The van der Waals surface area contributed by atoms with Crippen molar-refractivity contribution in [2.75, 3.05) is 5.43 Å². The number of nitrogens with zero attached hydrogens (tertiary/aromatic N) is 5. The molecule has 0 aliphatic rings. The summed E-state index contributed by atoms with van der Waals surface area (Å²) in [6.45, 7) is 2.37. The molecule has 9 nitrogen and oxygen atoms in total. The summed E-state index contributed by atoms with van der Waals surface area (Å²) in [4.78, 5) is 29.7. The summed E-state index contributed by atoms with van der Waals surface area (Å²) >= 11 is 0. The molecule has 4 rings (SSSR count). The van der Waals surface area contributed by atoms with Gasteiger partial charge in [-0.15, -0.1) is 0 Å². The molecule has 0 saturated heterocycles. The topological polar surface area (TPSA) is 106 Å². The van der Waals surface area contributed by atoms with Gasteiger partial charge in [0, 0.05) is 14.1 Å². The first-order valence-electron chi connectivity index (χ1n) is 9.65. The summed E-state index contributed by atoms with van der Waals surface area (Å²) < 4.78 is 4.11. The highest BCUT2D eigenvalue weighted by Crippen LogP contribution is 2.18. The van der Waals surface area contributed by atoms with E-state index in [0.717, 1.165) is 15.7 Å². The molecule has 2 aromatic carbocycles. The van der Waals surface area contributed by atoms with E-state index in [-0.39, 0.29) is 11.4 Å². The molecule has 0 bridgehead atoms. The molecular formula is C22H22N6O3. The van der Waals surface area contributed by atoms with Crippen LogP contribution in [0.2, 0.25) is 0 Å². The Balaban J connectivity index is 1.82. The van der Waals surface area contributed by atoms with E-state index in [9.17, 15) is 14.7 Å². The van der Waals surface area contributed by atoms with Crippen molar-refractivity contribution in [2.24, 2.45) is 19.2 Å². The maximum absolute atomic E-state index is 12.9. The monoisotopic (exact) mass is 418 g/mol. The zero-order valence-corrected chi connectivity index (χ0v) is 17.4. The maximum atomic E-state index is 12.9. The first-order chi connectivity index (χ1) is 14.8. The number of nitrogens with one attached hydrogen (secondary N) is 1. The van der Waals surface area contributed by atoms with Crippen molar-refractivity contribution in [3.63, 3.8) is 0 Å². The lowest BCUT2D eigenvalue weighted by Crippen LogP contribution is -2.37. The standard InChI is InChI=1S/C22H22N6O3/c1-14-7-9-15(10-8-14)13-28-18-19(26(2)22(31)27(3)20(18)30)24-21(28)25-23-12-16-5-4-6-17(29)11-16/h4-12,29H,13H2,1-3H3,(H,24,25)/b23-12+. The Labute approximate surface area is 177 Å². The van der Waals surface area contributed by atoms with Gasteiger partial charge in [-0.05, 0) is 30.2 Å². The quantitative estimate of drug-likeness (QED) is 0.381. The third kappa shape index (κ3) is 3.85. The van der Waals surface area contributed by atoms with Gasteiger partial charge in [0.1, 0.15) is 5.75 Å². The zero-order valence-electron chi connectivity index (χ0n) is 17.4. The molecule has 0 unspecified atom stereocenters. The lowest BCUT2D eigenvalue weighted by Gasteiger charge is -2.09. The lowest BCUT2D eigenvalue weighted by molar-refractivity contribution is 0.475. The van der Waals surface area contributed by atoms with Gasteiger partial charge in [0.25, 0.3) is 5.56 Å². The van der Waals surface area contributed by atoms with Crippen LogP contribution in [0.15, 0.2) is 63.2 Å². The van der Waals surface area contributed by atoms with Crippen LogP contribution in [0.4, 0.5) is 5.95 Å². The number of benzene rings is 2. The van der Waals surface area contributed by atoms with Crippen molar-refractivity contribution >= 4 is 23.3 Å². The third-order valence-electron chi connectivity index (χ3n) is 5.06. The van der Waals surface area contributed by atoms with E-state index >= 15 is 0 Å². The Morgan fingerprint density at radius 2 is 1.84 bits per heavy atom. The van der Waals surface area contributed by atoms with Crippen LogP contribution >= 0.6 is 0 Å². The van der Waals surface area contributed by atoms with Crippen LogP contribution in [-0.2, 0) is 20.6 Å². The second-order valence-corrected chi connectivity index (χ2v) is 7.35. The molecule has 2 heterocycles. The Kier molecular flexibility index (Phi) is 5.16. The van der Waals surface area contributed by atoms with Gasteiger partial charge in [-0.3, -0.25) is 18.5 Å². The van der Waals surface area contributed by atoms with Gasteiger partial charge in [0.05, 0.1) is 12.8 Å². The average Bonchev–Trinajstić information content (AvgIpc) is 3.11. The molecule has 0 spiro atoms. The van der Waals surface area contributed by atoms with E-state index in [1.807, 2.05) is 31.2 Å². The molecular weight excluding hydrogens is 396 g/mol. The Morgan fingerprint density at radius 3 is 2.55 bits per heavy atom. The van der Waals surface area contributed by atoms with E-state index in [1.165, 1.54) is 17.8 Å². The van der Waals surface area contributed by atoms with Gasteiger partial charge in [-0.2, -0.15) is 10.1 Å². The summed E-state index contributed by atoms with van der Waals surface area (Å²) in [7, 11) is 3.02. The van der Waals surface area contributed by atoms with Crippen LogP contribution in [0, 0.1) is 6.92 Å². The largest absolute Gasteiger partial charge is 0.508 e. The average molecular weight is 418 g/mol. The zero-order chi connectivity index (χ0) is 22.1. The predicted octanol–water partition coefficient (Wildman–Crippen LogP) is 1.94. The molecule has 0 radical (unpaired) electrons. The highest BCUT2D eigenvalue weighted by molar-refractivity contribution is 5.81. The smallest absolute Gasteiger partial charge is 0.332 e. The first kappa shape index (κ1) is 20.1. The summed E-state index contributed by atoms with van der Waals surface area (Å²) in [5, 5.41) is 13.8. The number of phenols is 1. The minimum absolute atomic E-state index is 0.133. The van der Waals surface area contributed by atoms with Crippen molar-refractivity contribution in [1.82, 2.24) is 18.7 Å². The summed E-state index contributed by atoms with van der Waals surface area (Å²) in [5.41, 5.74) is 5.37. The number of rotatable bonds is 5. The Morgan fingerprint density at radius 1 is 1.10 bits per heavy atom. The molecule has 0 fully saturated rings. The fourth-order valence-electron chi connectivity index (χ4n) is 3.33. The summed E-state index contributed by atoms with van der Waals surface area (Å²) in [5.74, 6) is 0.458. The van der Waals surface area contributed by atoms with E-state index in [4.69, 9.17) is 0 Å². The Bertz CT molecular complexity index is 1410. The van der Waals surface area contributed by atoms with Crippen LogP contribution in [-0.4, -0.2) is 30.0 Å². The predicted molar refractivity (Wildman–Crippen MR) is 120 cm³/mol. The van der Waals surface area contributed by atoms with Crippen molar-refractivity contribution in [2.45, 2.75) is 13.5 Å². The number of hydrogen-bond donors (Lipinski definition) is 2. The highest BCUT2D eigenvalue weighted by atomic mass is 16.3. The third-order valence-corrected chi connectivity index (χ3v) is 5.06. The molecule has 9 heteroatoms. The molecule has 4 aromatic rings. The maximum Gasteiger partial charge on any atom is 0.332 e. The molecule has 0 atom stereocenters. The van der Waals surface area contributed by atoms with E-state index < -0.39 is 11.2 Å². The van der Waals surface area contributed by atoms with Gasteiger partial charge >= 0.3 is 5.69 Å². The SMILES string of the molecule is Cc1ccc(Cn2c(N/N=C/c3cccc(O)c3)nc3c2c(=O)n(C)c(=O)n3C)cc1. The van der Waals surface area contributed by atoms with Crippen molar-refractivity contribution in [3.05, 3.63) is 86.1 Å². The number of aryl methyl sites for hydroxylation is 2. The van der Waals surface area contributed by atoms with E-state index in [2.05, 4.69) is 15.5 Å². The number of fused-ring (bicyclic) bond motifs is 1. The number of imidazole rings is 1. The lowest BCUT2D eigenvalue weighted by atomic mass is 10.1. The van der Waals surface area contributed by atoms with E-state index in [0.29, 0.717) is 23.6 Å². The first-order valence-corrected chi connectivity index (χ1v) is 9.65. The van der Waals surface area contributed by atoms with Crippen LogP contribution in [0.25, 0.3) is 11.2 Å². The molecule has 0 amide bonds. The Hall–Kier alpha value is -4.14. The fraction of sp³-hybridized carbons (Fsp3) is 0.182. The number of anilines is 1. The van der Waals surface area contributed by atoms with Gasteiger partial charge in [-0.25, -0.2) is 10.2 Å². The molecule has 0 saturated carbocycles. The minimum atomic E-state index is -0.452. The normalized spacial score (nSPS) is 11.5. The molecule has 2 aromatic heterocycles. The highest BCUT2D eigenvalue weighted by Gasteiger charge is 2.19. The van der Waals surface area contributed by atoms with Gasteiger partial charge in [0.15, 0.2) is 11.2 Å². The van der Waals surface area contributed by atoms with Gasteiger partial charge in [-0.1, -0.05) is 42.0 Å². The molecule has 0 aliphatic carbocycles. The molecule has 158 valence electrons. The van der Waals surface area contributed by atoms with Gasteiger partial charge in [0.2, 0.25) is 5.95 Å². The van der Waals surface area contributed by atoms with Gasteiger partial charge < -0.3 is 5.11 Å². The number of phenolic OH excluding ortho intramolecular Hbond substituents is 1. The number of hydrazone groups is 1. The van der Waals surface area contributed by atoms with Crippen LogP contribution in [0.1, 0.15) is 16.7 Å². The molecule has 31 heavy (non-hydrogen) atoms.